The maximum absolute atomic E-state index is 10.9. The molecule has 2 nitrogen and oxygen atoms in total. The zero-order valence-corrected chi connectivity index (χ0v) is 10.6. The molecule has 0 saturated heterocycles. The Labute approximate surface area is 91.5 Å². The van der Waals surface area contributed by atoms with Crippen molar-refractivity contribution in [3.63, 3.8) is 0 Å². The quantitative estimate of drug-likeness (QED) is 0.769. The fraction of sp³-hybridized carbons (Fsp3) is 0.909. The molecule has 14 heavy (non-hydrogen) atoms. The number of hydrogen-bond acceptors (Lipinski definition) is 2. The molecule has 0 aromatic carbocycles. The fourth-order valence-electron chi connectivity index (χ4n) is 1.04. The van der Waals surface area contributed by atoms with E-state index in [0.29, 0.717) is 5.41 Å². The molecular weight excluding hydrogens is 196 g/mol. The normalized spacial score (nSPS) is 14.4. The van der Waals surface area contributed by atoms with Crippen LogP contribution in [0.25, 0.3) is 0 Å². The molecule has 0 aliphatic carbocycles. The van der Waals surface area contributed by atoms with Crippen LogP contribution >= 0.6 is 11.8 Å². The van der Waals surface area contributed by atoms with Gasteiger partial charge in [0.2, 0.25) is 0 Å². The zero-order chi connectivity index (χ0) is 11.4. The molecule has 0 saturated carbocycles. The molecule has 1 unspecified atom stereocenters. The second-order valence-electron chi connectivity index (χ2n) is 5.18. The van der Waals surface area contributed by atoms with Gasteiger partial charge in [0.1, 0.15) is 5.25 Å². The van der Waals surface area contributed by atoms with Gasteiger partial charge in [-0.1, -0.05) is 34.6 Å². The highest BCUT2D eigenvalue weighted by Gasteiger charge is 2.22. The lowest BCUT2D eigenvalue weighted by atomic mass is 9.94. The number of aliphatic carboxylic acids is 1. The van der Waals surface area contributed by atoms with Gasteiger partial charge in [0, 0.05) is 0 Å². The van der Waals surface area contributed by atoms with Crippen molar-refractivity contribution in [2.75, 3.05) is 5.75 Å². The predicted molar refractivity (Wildman–Crippen MR) is 62.8 cm³/mol. The van der Waals surface area contributed by atoms with E-state index in [9.17, 15) is 4.79 Å². The molecular formula is C11H22O2S. The minimum atomic E-state index is -0.682. The minimum Gasteiger partial charge on any atom is -0.480 e. The monoisotopic (exact) mass is 218 g/mol. The first-order valence-corrected chi connectivity index (χ1v) is 6.13. The van der Waals surface area contributed by atoms with Gasteiger partial charge in [-0.25, -0.2) is 0 Å². The van der Waals surface area contributed by atoms with E-state index in [4.69, 9.17) is 5.11 Å². The number of rotatable bonds is 5. The van der Waals surface area contributed by atoms with Gasteiger partial charge < -0.3 is 5.11 Å². The van der Waals surface area contributed by atoms with E-state index < -0.39 is 5.97 Å². The lowest BCUT2D eigenvalue weighted by molar-refractivity contribution is -0.137. The van der Waals surface area contributed by atoms with Crippen molar-refractivity contribution in [1.29, 1.82) is 0 Å². The van der Waals surface area contributed by atoms with Crippen molar-refractivity contribution < 1.29 is 9.90 Å². The average molecular weight is 218 g/mol. The van der Waals surface area contributed by atoms with Gasteiger partial charge in [-0.3, -0.25) is 4.79 Å². The first-order valence-electron chi connectivity index (χ1n) is 5.08. The Kier molecular flexibility index (Phi) is 5.57. The molecule has 0 fully saturated rings. The lowest BCUT2D eigenvalue weighted by Gasteiger charge is -2.20. The molecule has 0 bridgehead atoms. The van der Waals surface area contributed by atoms with Crippen LogP contribution in [-0.2, 0) is 4.79 Å². The van der Waals surface area contributed by atoms with Crippen LogP contribution in [0.1, 0.15) is 41.0 Å². The Morgan fingerprint density at radius 1 is 1.36 bits per heavy atom. The molecule has 1 atom stereocenters. The van der Waals surface area contributed by atoms with Crippen LogP contribution in [0.5, 0.6) is 0 Å². The first-order chi connectivity index (χ1) is 6.24. The van der Waals surface area contributed by atoms with Crippen LogP contribution in [0, 0.1) is 11.3 Å². The molecule has 0 rings (SSSR count). The third kappa shape index (κ3) is 6.30. The third-order valence-corrected chi connectivity index (χ3v) is 3.54. The number of carboxylic acid groups (broad SMARTS) is 1. The largest absolute Gasteiger partial charge is 0.480 e. The molecule has 0 heterocycles. The summed E-state index contributed by atoms with van der Waals surface area (Å²) in [6, 6.07) is 0. The Hall–Kier alpha value is -0.180. The van der Waals surface area contributed by atoms with E-state index in [0.717, 1.165) is 12.2 Å². The summed E-state index contributed by atoms with van der Waals surface area (Å²) in [5.74, 6) is 0.454. The molecule has 0 radical (unpaired) electrons. The summed E-state index contributed by atoms with van der Waals surface area (Å²) in [6.45, 7) is 10.5. The maximum atomic E-state index is 10.9. The molecule has 84 valence electrons. The molecule has 0 aliphatic heterocycles. The van der Waals surface area contributed by atoms with Crippen molar-refractivity contribution in [2.24, 2.45) is 11.3 Å². The highest BCUT2D eigenvalue weighted by molar-refractivity contribution is 8.00. The number of hydrogen-bond donors (Lipinski definition) is 1. The lowest BCUT2D eigenvalue weighted by Crippen LogP contribution is -2.23. The number of carboxylic acids is 1. The molecule has 3 heteroatoms. The van der Waals surface area contributed by atoms with Gasteiger partial charge in [0.15, 0.2) is 0 Å². The highest BCUT2D eigenvalue weighted by Crippen LogP contribution is 2.26. The van der Waals surface area contributed by atoms with Gasteiger partial charge in [-0.2, -0.15) is 0 Å². The smallest absolute Gasteiger partial charge is 0.316 e. The second kappa shape index (κ2) is 5.64. The van der Waals surface area contributed by atoms with Gasteiger partial charge >= 0.3 is 5.97 Å². The molecule has 0 amide bonds. The third-order valence-electron chi connectivity index (χ3n) is 2.00. The fourth-order valence-corrected chi connectivity index (χ4v) is 2.55. The van der Waals surface area contributed by atoms with Crippen LogP contribution in [0.15, 0.2) is 0 Å². The summed E-state index contributed by atoms with van der Waals surface area (Å²) >= 11 is 1.57. The van der Waals surface area contributed by atoms with Gasteiger partial charge in [-0.05, 0) is 23.5 Å². The van der Waals surface area contributed by atoms with E-state index in [1.807, 2.05) is 13.8 Å². The Morgan fingerprint density at radius 2 is 1.86 bits per heavy atom. The standard InChI is InChI=1S/C11H22O2S/c1-8(2)9(10(12)13)14-7-6-11(3,4)5/h8-9H,6-7H2,1-5H3,(H,12,13). The van der Waals surface area contributed by atoms with E-state index in [-0.39, 0.29) is 11.2 Å². The van der Waals surface area contributed by atoms with Crippen molar-refractivity contribution in [2.45, 2.75) is 46.3 Å². The maximum Gasteiger partial charge on any atom is 0.316 e. The van der Waals surface area contributed by atoms with Crippen molar-refractivity contribution in [1.82, 2.24) is 0 Å². The summed E-state index contributed by atoms with van der Waals surface area (Å²) in [6.07, 6.45) is 1.06. The van der Waals surface area contributed by atoms with Gasteiger partial charge in [-0.15, -0.1) is 11.8 Å². The Bertz CT molecular complexity index is 182. The van der Waals surface area contributed by atoms with E-state index in [2.05, 4.69) is 20.8 Å². The number of thioether (sulfide) groups is 1. The van der Waals surface area contributed by atoms with Crippen LogP contribution < -0.4 is 0 Å². The minimum absolute atomic E-state index is 0.206. The number of carbonyl (C=O) groups is 1. The topological polar surface area (TPSA) is 37.3 Å². The Morgan fingerprint density at radius 3 is 2.14 bits per heavy atom. The molecule has 0 aromatic heterocycles. The van der Waals surface area contributed by atoms with Crippen molar-refractivity contribution in [3.8, 4) is 0 Å². The molecule has 0 spiro atoms. The first kappa shape index (κ1) is 13.8. The van der Waals surface area contributed by atoms with Crippen LogP contribution in [0.4, 0.5) is 0 Å². The molecule has 0 aliphatic rings. The average Bonchev–Trinajstić information content (AvgIpc) is 1.94. The van der Waals surface area contributed by atoms with Gasteiger partial charge in [0.25, 0.3) is 0 Å². The predicted octanol–water partition coefficient (Wildman–Crippen LogP) is 3.27. The van der Waals surface area contributed by atoms with E-state index in [1.165, 1.54) is 0 Å². The second-order valence-corrected chi connectivity index (χ2v) is 6.43. The van der Waals surface area contributed by atoms with E-state index in [1.54, 1.807) is 11.8 Å². The summed E-state index contributed by atoms with van der Waals surface area (Å²) in [5.41, 5.74) is 0.299. The summed E-state index contributed by atoms with van der Waals surface area (Å²) < 4.78 is 0. The van der Waals surface area contributed by atoms with Crippen LogP contribution in [0.3, 0.4) is 0 Å². The Balaban J connectivity index is 3.90. The highest BCUT2D eigenvalue weighted by atomic mass is 32.2. The molecule has 1 N–H and O–H groups in total. The summed E-state index contributed by atoms with van der Waals surface area (Å²) in [4.78, 5) is 10.9. The van der Waals surface area contributed by atoms with Gasteiger partial charge in [0.05, 0.1) is 0 Å². The molecule has 0 aromatic rings. The van der Waals surface area contributed by atoms with Crippen molar-refractivity contribution >= 4 is 17.7 Å². The zero-order valence-electron chi connectivity index (χ0n) is 9.83. The van der Waals surface area contributed by atoms with Crippen LogP contribution in [0.2, 0.25) is 0 Å². The summed E-state index contributed by atoms with van der Waals surface area (Å²) in [5, 5.41) is 8.70. The SMILES string of the molecule is CC(C)C(SCCC(C)(C)C)C(=O)O. The summed E-state index contributed by atoms with van der Waals surface area (Å²) in [7, 11) is 0. The van der Waals surface area contributed by atoms with Crippen LogP contribution in [-0.4, -0.2) is 22.1 Å². The van der Waals surface area contributed by atoms with E-state index >= 15 is 0 Å². The van der Waals surface area contributed by atoms with Crippen molar-refractivity contribution in [3.05, 3.63) is 0 Å².